The van der Waals surface area contributed by atoms with Gasteiger partial charge in [-0.3, -0.25) is 9.69 Å². The van der Waals surface area contributed by atoms with E-state index in [0.29, 0.717) is 23.6 Å². The molecular weight excluding hydrogens is 258 g/mol. The molecule has 0 saturated carbocycles. The van der Waals surface area contributed by atoms with Crippen LogP contribution in [0.1, 0.15) is 23.2 Å². The van der Waals surface area contributed by atoms with E-state index in [9.17, 15) is 9.90 Å². The van der Waals surface area contributed by atoms with E-state index in [0.717, 1.165) is 25.9 Å². The maximum absolute atomic E-state index is 12.4. The number of nitrogens with zero attached hydrogens (tertiary/aromatic N) is 1. The number of aliphatic hydroxyl groups excluding tert-OH is 1. The predicted octanol–water partition coefficient (Wildman–Crippen LogP) is 1.34. The van der Waals surface area contributed by atoms with Crippen LogP contribution in [0.4, 0.5) is 0 Å². The predicted molar refractivity (Wildman–Crippen MR) is 75.6 cm³/mol. The molecule has 0 bridgehead atoms. The van der Waals surface area contributed by atoms with Gasteiger partial charge >= 0.3 is 0 Å². The van der Waals surface area contributed by atoms with Gasteiger partial charge in [0.05, 0.1) is 32.4 Å². The number of hydrogen-bond donors (Lipinski definition) is 1. The number of rotatable bonds is 5. The number of aliphatic hydroxyl groups is 1. The maximum Gasteiger partial charge on any atom is 0.180 e. The Balaban J connectivity index is 2.08. The number of piperidine rings is 1. The highest BCUT2D eigenvalue weighted by Gasteiger charge is 2.21. The number of likely N-dealkylation sites (tertiary alicyclic amines) is 1. The first-order valence-electron chi connectivity index (χ1n) is 6.79. The molecule has 5 heteroatoms. The Morgan fingerprint density at radius 3 is 2.60 bits per heavy atom. The second kappa shape index (κ2) is 6.72. The average molecular weight is 279 g/mol. The highest BCUT2D eigenvalue weighted by atomic mass is 16.5. The van der Waals surface area contributed by atoms with E-state index in [1.165, 1.54) is 0 Å². The van der Waals surface area contributed by atoms with Crippen LogP contribution in [-0.4, -0.2) is 55.7 Å². The molecule has 0 spiro atoms. The summed E-state index contributed by atoms with van der Waals surface area (Å²) < 4.78 is 10.4. The van der Waals surface area contributed by atoms with Gasteiger partial charge in [-0.2, -0.15) is 0 Å². The minimum Gasteiger partial charge on any atom is -0.497 e. The summed E-state index contributed by atoms with van der Waals surface area (Å²) in [5, 5.41) is 9.48. The van der Waals surface area contributed by atoms with E-state index < -0.39 is 0 Å². The molecule has 1 N–H and O–H groups in total. The number of methoxy groups -OCH3 is 2. The number of carbonyl (C=O) groups is 1. The SMILES string of the molecule is COc1ccc(OC)c(C(=O)CN2CCC(O)CC2)c1. The molecule has 0 radical (unpaired) electrons. The lowest BCUT2D eigenvalue weighted by molar-refractivity contribution is 0.0709. The number of Topliss-reactive ketones (excluding diaryl/α,β-unsaturated/α-hetero) is 1. The van der Waals surface area contributed by atoms with Gasteiger partial charge in [-0.15, -0.1) is 0 Å². The molecule has 1 aliphatic rings. The van der Waals surface area contributed by atoms with Crippen LogP contribution in [0.15, 0.2) is 18.2 Å². The zero-order valence-corrected chi connectivity index (χ0v) is 12.0. The third-order valence-electron chi connectivity index (χ3n) is 3.63. The van der Waals surface area contributed by atoms with Gasteiger partial charge in [0.1, 0.15) is 11.5 Å². The van der Waals surface area contributed by atoms with Crippen LogP contribution in [-0.2, 0) is 0 Å². The van der Waals surface area contributed by atoms with Crippen LogP contribution in [0.5, 0.6) is 11.5 Å². The molecular formula is C15H21NO4. The summed E-state index contributed by atoms with van der Waals surface area (Å²) >= 11 is 0. The van der Waals surface area contributed by atoms with Crippen molar-refractivity contribution >= 4 is 5.78 Å². The lowest BCUT2D eigenvalue weighted by Crippen LogP contribution is -2.39. The molecule has 0 aromatic heterocycles. The first-order chi connectivity index (χ1) is 9.63. The highest BCUT2D eigenvalue weighted by Crippen LogP contribution is 2.25. The van der Waals surface area contributed by atoms with Crippen molar-refractivity contribution in [1.29, 1.82) is 0 Å². The second-order valence-electron chi connectivity index (χ2n) is 5.00. The minimum absolute atomic E-state index is 0.0112. The lowest BCUT2D eigenvalue weighted by atomic mass is 10.1. The second-order valence-corrected chi connectivity index (χ2v) is 5.00. The molecule has 110 valence electrons. The lowest BCUT2D eigenvalue weighted by Gasteiger charge is -2.28. The normalized spacial score (nSPS) is 16.9. The third kappa shape index (κ3) is 3.49. The zero-order chi connectivity index (χ0) is 14.5. The van der Waals surface area contributed by atoms with E-state index in [1.54, 1.807) is 32.4 Å². The smallest absolute Gasteiger partial charge is 0.180 e. The molecule has 1 heterocycles. The molecule has 1 aliphatic heterocycles. The van der Waals surface area contributed by atoms with Crippen LogP contribution in [0.25, 0.3) is 0 Å². The number of ether oxygens (including phenoxy) is 2. The summed E-state index contributed by atoms with van der Waals surface area (Å²) in [5.74, 6) is 1.22. The van der Waals surface area contributed by atoms with Crippen molar-refractivity contribution in [3.8, 4) is 11.5 Å². The molecule has 1 aromatic rings. The van der Waals surface area contributed by atoms with Crippen molar-refractivity contribution in [3.05, 3.63) is 23.8 Å². The van der Waals surface area contributed by atoms with Crippen molar-refractivity contribution in [2.24, 2.45) is 0 Å². The molecule has 20 heavy (non-hydrogen) atoms. The maximum atomic E-state index is 12.4. The molecule has 0 unspecified atom stereocenters. The highest BCUT2D eigenvalue weighted by molar-refractivity contribution is 6.00. The summed E-state index contributed by atoms with van der Waals surface area (Å²) in [6.07, 6.45) is 1.22. The van der Waals surface area contributed by atoms with Crippen molar-refractivity contribution in [2.75, 3.05) is 33.9 Å². The zero-order valence-electron chi connectivity index (χ0n) is 12.0. The van der Waals surface area contributed by atoms with Gasteiger partial charge in [-0.25, -0.2) is 0 Å². The molecule has 0 atom stereocenters. The topological polar surface area (TPSA) is 59.0 Å². The third-order valence-corrected chi connectivity index (χ3v) is 3.63. The summed E-state index contributed by atoms with van der Waals surface area (Å²) in [4.78, 5) is 14.5. The Morgan fingerprint density at radius 1 is 1.30 bits per heavy atom. The Morgan fingerprint density at radius 2 is 2.00 bits per heavy atom. The average Bonchev–Trinajstić information content (AvgIpc) is 2.48. The van der Waals surface area contributed by atoms with E-state index in [-0.39, 0.29) is 11.9 Å². The fourth-order valence-corrected chi connectivity index (χ4v) is 2.40. The number of benzene rings is 1. The quantitative estimate of drug-likeness (QED) is 0.824. The fraction of sp³-hybridized carbons (Fsp3) is 0.533. The fourth-order valence-electron chi connectivity index (χ4n) is 2.40. The van der Waals surface area contributed by atoms with E-state index in [2.05, 4.69) is 4.90 Å². The van der Waals surface area contributed by atoms with Crippen LogP contribution in [0, 0.1) is 0 Å². The van der Waals surface area contributed by atoms with Crippen molar-refractivity contribution in [2.45, 2.75) is 18.9 Å². The van der Waals surface area contributed by atoms with Gasteiger partial charge in [0.25, 0.3) is 0 Å². The van der Waals surface area contributed by atoms with Crippen LogP contribution in [0.2, 0.25) is 0 Å². The minimum atomic E-state index is -0.229. The van der Waals surface area contributed by atoms with Gasteiger partial charge in [-0.1, -0.05) is 0 Å². The Hall–Kier alpha value is -1.59. The molecule has 1 saturated heterocycles. The van der Waals surface area contributed by atoms with Crippen LogP contribution in [0.3, 0.4) is 0 Å². The summed E-state index contributed by atoms with van der Waals surface area (Å²) in [6.45, 7) is 1.84. The first-order valence-corrected chi connectivity index (χ1v) is 6.79. The van der Waals surface area contributed by atoms with Gasteiger partial charge in [0.2, 0.25) is 0 Å². The largest absolute Gasteiger partial charge is 0.497 e. The summed E-state index contributed by atoms with van der Waals surface area (Å²) in [5.41, 5.74) is 0.540. The van der Waals surface area contributed by atoms with Crippen molar-refractivity contribution < 1.29 is 19.4 Å². The monoisotopic (exact) mass is 279 g/mol. The molecule has 0 amide bonds. The Labute approximate surface area is 119 Å². The Bertz CT molecular complexity index is 467. The Kier molecular flexibility index (Phi) is 4.98. The summed E-state index contributed by atoms with van der Waals surface area (Å²) in [6, 6.07) is 5.22. The van der Waals surface area contributed by atoms with E-state index in [1.807, 2.05) is 0 Å². The molecule has 2 rings (SSSR count). The van der Waals surface area contributed by atoms with Gasteiger partial charge in [-0.05, 0) is 31.0 Å². The molecule has 0 aliphatic carbocycles. The number of carbonyl (C=O) groups excluding carboxylic acids is 1. The van der Waals surface area contributed by atoms with Crippen molar-refractivity contribution in [1.82, 2.24) is 4.90 Å². The number of ketones is 1. The summed E-state index contributed by atoms with van der Waals surface area (Å²) in [7, 11) is 3.12. The first kappa shape index (κ1) is 14.8. The van der Waals surface area contributed by atoms with Crippen LogP contribution < -0.4 is 9.47 Å². The van der Waals surface area contributed by atoms with Crippen LogP contribution >= 0.6 is 0 Å². The standard InChI is InChI=1S/C15H21NO4/c1-19-12-3-4-15(20-2)13(9-12)14(18)10-16-7-5-11(17)6-8-16/h3-4,9,11,17H,5-8,10H2,1-2H3. The molecule has 1 aromatic carbocycles. The van der Waals surface area contributed by atoms with E-state index >= 15 is 0 Å². The van der Waals surface area contributed by atoms with Crippen molar-refractivity contribution in [3.63, 3.8) is 0 Å². The number of hydrogen-bond acceptors (Lipinski definition) is 5. The van der Waals surface area contributed by atoms with Gasteiger partial charge < -0.3 is 14.6 Å². The van der Waals surface area contributed by atoms with Gasteiger partial charge in [0.15, 0.2) is 5.78 Å². The van der Waals surface area contributed by atoms with Gasteiger partial charge in [0, 0.05) is 13.1 Å². The van der Waals surface area contributed by atoms with E-state index in [4.69, 9.17) is 9.47 Å². The molecule has 5 nitrogen and oxygen atoms in total. The molecule has 1 fully saturated rings.